The summed E-state index contributed by atoms with van der Waals surface area (Å²) in [6.07, 6.45) is 5.50. The van der Waals surface area contributed by atoms with Crippen LogP contribution in [0.1, 0.15) is 26.7 Å². The predicted octanol–water partition coefficient (Wildman–Crippen LogP) is 2.35. The Morgan fingerprint density at radius 1 is 1.25 bits per heavy atom. The molecule has 1 aliphatic rings. The molecule has 0 saturated carbocycles. The summed E-state index contributed by atoms with van der Waals surface area (Å²) in [5.41, 5.74) is 0.750. The largest absolute Gasteiger partial charge is 0.110 e. The van der Waals surface area contributed by atoms with Gasteiger partial charge in [0.1, 0.15) is 7.28 Å². The second-order valence-electron chi connectivity index (χ2n) is 2.90. The van der Waals surface area contributed by atoms with Gasteiger partial charge in [0.15, 0.2) is 0 Å². The van der Waals surface area contributed by atoms with E-state index < -0.39 is 0 Å². The lowest BCUT2D eigenvalue weighted by molar-refractivity contribution is 0.302. The van der Waals surface area contributed by atoms with Gasteiger partial charge in [-0.2, -0.15) is 0 Å². The zero-order chi connectivity index (χ0) is 6.04. The third-order valence-corrected chi connectivity index (χ3v) is 2.65. The summed E-state index contributed by atoms with van der Waals surface area (Å²) in [6, 6.07) is 0. The summed E-state index contributed by atoms with van der Waals surface area (Å²) in [6.45, 7) is 4.60. The van der Waals surface area contributed by atoms with Gasteiger partial charge in [0, 0.05) is 0 Å². The first-order chi connectivity index (χ1) is 3.83. The van der Waals surface area contributed by atoms with Crippen LogP contribution in [0.25, 0.3) is 0 Å². The van der Waals surface area contributed by atoms with Crippen molar-refractivity contribution in [3.05, 3.63) is 0 Å². The predicted molar refractivity (Wildman–Crippen MR) is 38.4 cm³/mol. The first-order valence-electron chi connectivity index (χ1n) is 3.64. The van der Waals surface area contributed by atoms with E-state index >= 15 is 0 Å². The average molecular weight is 109 g/mol. The van der Waals surface area contributed by atoms with Crippen LogP contribution in [-0.2, 0) is 0 Å². The van der Waals surface area contributed by atoms with Crippen LogP contribution in [0.5, 0.6) is 0 Å². The highest BCUT2D eigenvalue weighted by Gasteiger charge is 2.32. The molecule has 0 aromatic rings. The molecular weight excluding hydrogens is 94.9 g/mol. The topological polar surface area (TPSA) is 0 Å². The first-order valence-corrected chi connectivity index (χ1v) is 3.64. The number of hydrogen-bond acceptors (Lipinski definition) is 0. The van der Waals surface area contributed by atoms with Gasteiger partial charge in [-0.05, 0) is 5.41 Å². The van der Waals surface area contributed by atoms with Crippen LogP contribution in [-0.4, -0.2) is 7.28 Å². The standard InChI is InChI=1S/C7H14B/c1-3-7(4-2)5-8-6-7/h3-6H2,1-2H3. The lowest BCUT2D eigenvalue weighted by Gasteiger charge is -2.40. The van der Waals surface area contributed by atoms with E-state index in [4.69, 9.17) is 0 Å². The lowest BCUT2D eigenvalue weighted by atomic mass is 9.41. The Hall–Kier alpha value is 0.0649. The van der Waals surface area contributed by atoms with Gasteiger partial charge in [-0.15, -0.1) is 0 Å². The molecule has 0 aromatic heterocycles. The molecule has 0 atom stereocenters. The molecule has 0 nitrogen and oxygen atoms in total. The molecule has 1 heterocycles. The van der Waals surface area contributed by atoms with E-state index in [2.05, 4.69) is 21.1 Å². The van der Waals surface area contributed by atoms with Gasteiger partial charge in [-0.1, -0.05) is 39.3 Å². The fraction of sp³-hybridized carbons (Fsp3) is 1.00. The maximum atomic E-state index is 2.40. The summed E-state index contributed by atoms with van der Waals surface area (Å²) >= 11 is 0. The highest BCUT2D eigenvalue weighted by atomic mass is 14.3. The van der Waals surface area contributed by atoms with Crippen LogP contribution in [0.15, 0.2) is 0 Å². The van der Waals surface area contributed by atoms with E-state index in [1.165, 1.54) is 25.5 Å². The maximum absolute atomic E-state index is 2.40. The van der Waals surface area contributed by atoms with E-state index in [1.807, 2.05) is 0 Å². The van der Waals surface area contributed by atoms with E-state index in [9.17, 15) is 0 Å². The molecule has 1 fully saturated rings. The van der Waals surface area contributed by atoms with E-state index in [-0.39, 0.29) is 0 Å². The maximum Gasteiger partial charge on any atom is 0.110 e. The number of hydrogen-bond donors (Lipinski definition) is 0. The second kappa shape index (κ2) is 2.12. The van der Waals surface area contributed by atoms with Crippen molar-refractivity contribution >= 4 is 7.28 Å². The fourth-order valence-corrected chi connectivity index (χ4v) is 1.38. The highest BCUT2D eigenvalue weighted by Crippen LogP contribution is 2.43. The first kappa shape index (κ1) is 6.19. The van der Waals surface area contributed by atoms with Gasteiger partial charge in [0.25, 0.3) is 0 Å². The molecule has 1 saturated heterocycles. The van der Waals surface area contributed by atoms with Crippen molar-refractivity contribution in [2.24, 2.45) is 5.41 Å². The van der Waals surface area contributed by atoms with Gasteiger partial charge in [0.05, 0.1) is 0 Å². The molecule has 0 N–H and O–H groups in total. The smallest absolute Gasteiger partial charge is 0.0754 e. The molecule has 0 unspecified atom stereocenters. The van der Waals surface area contributed by atoms with Crippen LogP contribution >= 0.6 is 0 Å². The monoisotopic (exact) mass is 109 g/mol. The normalized spacial score (nSPS) is 23.8. The Morgan fingerprint density at radius 2 is 1.75 bits per heavy atom. The summed E-state index contributed by atoms with van der Waals surface area (Å²) < 4.78 is 0. The quantitative estimate of drug-likeness (QED) is 0.477. The van der Waals surface area contributed by atoms with E-state index in [0.717, 1.165) is 5.41 Å². The van der Waals surface area contributed by atoms with Crippen molar-refractivity contribution in [2.45, 2.75) is 39.3 Å². The Labute approximate surface area is 52.9 Å². The van der Waals surface area contributed by atoms with E-state index in [0.29, 0.717) is 0 Å². The van der Waals surface area contributed by atoms with Crippen LogP contribution in [0.3, 0.4) is 0 Å². The van der Waals surface area contributed by atoms with Crippen molar-refractivity contribution in [3.63, 3.8) is 0 Å². The molecule has 45 valence electrons. The Morgan fingerprint density at radius 3 is 1.75 bits per heavy atom. The Bertz CT molecular complexity index is 60.9. The van der Waals surface area contributed by atoms with Gasteiger partial charge in [-0.25, -0.2) is 0 Å². The minimum atomic E-state index is 0.750. The molecule has 8 heavy (non-hydrogen) atoms. The molecule has 1 rings (SSSR count). The Balaban J connectivity index is 2.33. The molecule has 1 aliphatic heterocycles. The molecule has 0 amide bonds. The SMILES string of the molecule is CCC1(CC)C[B]C1. The summed E-state index contributed by atoms with van der Waals surface area (Å²) in [7, 11) is 2.40. The van der Waals surface area contributed by atoms with Crippen molar-refractivity contribution in [1.29, 1.82) is 0 Å². The van der Waals surface area contributed by atoms with Gasteiger partial charge in [-0.3, -0.25) is 0 Å². The summed E-state index contributed by atoms with van der Waals surface area (Å²) in [4.78, 5) is 0. The minimum absolute atomic E-state index is 0.750. The zero-order valence-corrected chi connectivity index (χ0v) is 5.91. The van der Waals surface area contributed by atoms with Crippen LogP contribution in [0.2, 0.25) is 12.6 Å². The van der Waals surface area contributed by atoms with Crippen molar-refractivity contribution in [3.8, 4) is 0 Å². The minimum Gasteiger partial charge on any atom is -0.0754 e. The van der Waals surface area contributed by atoms with Crippen LogP contribution in [0.4, 0.5) is 0 Å². The van der Waals surface area contributed by atoms with Crippen LogP contribution < -0.4 is 0 Å². The fourth-order valence-electron chi connectivity index (χ4n) is 1.38. The molecule has 0 bridgehead atoms. The van der Waals surface area contributed by atoms with Crippen molar-refractivity contribution in [1.82, 2.24) is 0 Å². The average Bonchev–Trinajstić information content (AvgIpc) is 1.67. The van der Waals surface area contributed by atoms with Gasteiger partial charge >= 0.3 is 0 Å². The van der Waals surface area contributed by atoms with E-state index in [1.54, 1.807) is 0 Å². The third-order valence-electron chi connectivity index (χ3n) is 2.65. The molecular formula is C7H14B. The molecule has 0 aliphatic carbocycles. The lowest BCUT2D eigenvalue weighted by Crippen LogP contribution is -2.31. The summed E-state index contributed by atoms with van der Waals surface area (Å²) in [5, 5.41) is 0. The summed E-state index contributed by atoms with van der Waals surface area (Å²) in [5.74, 6) is 0. The van der Waals surface area contributed by atoms with Gasteiger partial charge in [0.2, 0.25) is 0 Å². The molecule has 1 radical (unpaired) electrons. The third kappa shape index (κ3) is 0.786. The number of rotatable bonds is 2. The van der Waals surface area contributed by atoms with Crippen LogP contribution in [0, 0.1) is 5.41 Å². The van der Waals surface area contributed by atoms with Crippen molar-refractivity contribution in [2.75, 3.05) is 0 Å². The molecule has 0 spiro atoms. The zero-order valence-electron chi connectivity index (χ0n) is 5.91. The molecule has 0 aromatic carbocycles. The Kier molecular flexibility index (Phi) is 1.64. The van der Waals surface area contributed by atoms with Gasteiger partial charge < -0.3 is 0 Å². The second-order valence-corrected chi connectivity index (χ2v) is 2.90. The molecule has 1 heteroatoms. The van der Waals surface area contributed by atoms with Crippen molar-refractivity contribution < 1.29 is 0 Å². The highest BCUT2D eigenvalue weighted by molar-refractivity contribution is 6.40.